The molecular weight excluding hydrogens is 530 g/mol. The summed E-state index contributed by atoms with van der Waals surface area (Å²) in [5.74, 6) is 3.13. The van der Waals surface area contributed by atoms with Crippen LogP contribution >= 0.6 is 11.6 Å². The number of carbonyl (C=O) groups is 1. The minimum absolute atomic E-state index is 0.141. The number of rotatable bonds is 12. The van der Waals surface area contributed by atoms with E-state index in [9.17, 15) is 4.79 Å². The number of nitrogens with zero attached hydrogens (tertiary/aromatic N) is 1. The van der Waals surface area contributed by atoms with Gasteiger partial charge in [-0.1, -0.05) is 17.7 Å². The van der Waals surface area contributed by atoms with Crippen molar-refractivity contribution in [3.05, 3.63) is 75.8 Å². The first-order chi connectivity index (χ1) is 19.4. The average molecular weight is 568 g/mol. The molecule has 0 unspecified atom stereocenters. The number of fused-ring (bicyclic) bond motifs is 1. The fourth-order valence-corrected chi connectivity index (χ4v) is 5.33. The van der Waals surface area contributed by atoms with Crippen LogP contribution in [0.5, 0.6) is 28.7 Å². The van der Waals surface area contributed by atoms with E-state index in [1.807, 2.05) is 56.9 Å². The molecule has 4 rings (SSSR count). The highest BCUT2D eigenvalue weighted by molar-refractivity contribution is 6.31. The predicted molar refractivity (Wildman–Crippen MR) is 157 cm³/mol. The zero-order valence-electron chi connectivity index (χ0n) is 23.9. The first-order valence-electron chi connectivity index (χ1n) is 13.9. The molecule has 214 valence electrons. The van der Waals surface area contributed by atoms with Crippen LogP contribution in [-0.4, -0.2) is 50.9 Å². The Bertz CT molecular complexity index is 1330. The largest absolute Gasteiger partial charge is 0.496 e. The van der Waals surface area contributed by atoms with Crippen LogP contribution in [0, 0.1) is 0 Å². The van der Waals surface area contributed by atoms with Crippen molar-refractivity contribution in [3.63, 3.8) is 0 Å². The predicted octanol–water partition coefficient (Wildman–Crippen LogP) is 6.93. The molecule has 1 atom stereocenters. The summed E-state index contributed by atoms with van der Waals surface area (Å²) in [6.45, 7) is 10.4. The lowest BCUT2D eigenvalue weighted by Crippen LogP contribution is -2.41. The minimum atomic E-state index is -0.276. The molecule has 0 fully saturated rings. The molecule has 1 amide bonds. The van der Waals surface area contributed by atoms with Crippen LogP contribution in [-0.2, 0) is 12.8 Å². The third-order valence-electron chi connectivity index (χ3n) is 6.85. The Balaban J connectivity index is 1.81. The minimum Gasteiger partial charge on any atom is -0.496 e. The fourth-order valence-electron chi connectivity index (χ4n) is 5.16. The number of hydrogen-bond acceptors (Lipinski definition) is 6. The van der Waals surface area contributed by atoms with Gasteiger partial charge >= 0.3 is 0 Å². The molecule has 0 aliphatic carbocycles. The van der Waals surface area contributed by atoms with E-state index in [2.05, 4.69) is 6.07 Å². The maximum absolute atomic E-state index is 14.1. The Morgan fingerprint density at radius 2 is 1.40 bits per heavy atom. The van der Waals surface area contributed by atoms with Crippen LogP contribution in [0.15, 0.2) is 48.5 Å². The highest BCUT2D eigenvalue weighted by Crippen LogP contribution is 2.42. The summed E-state index contributed by atoms with van der Waals surface area (Å²) in [6.07, 6.45) is 1.24. The van der Waals surface area contributed by atoms with Gasteiger partial charge in [0.2, 0.25) is 0 Å². The Morgan fingerprint density at radius 1 is 0.800 bits per heavy atom. The topological polar surface area (TPSA) is 66.5 Å². The van der Waals surface area contributed by atoms with Gasteiger partial charge in [0.25, 0.3) is 5.91 Å². The highest BCUT2D eigenvalue weighted by Gasteiger charge is 2.34. The molecule has 1 aliphatic heterocycles. The van der Waals surface area contributed by atoms with Crippen molar-refractivity contribution in [2.75, 3.05) is 40.1 Å². The summed E-state index contributed by atoms with van der Waals surface area (Å²) in [6, 6.07) is 14.9. The van der Waals surface area contributed by atoms with E-state index in [-0.39, 0.29) is 11.9 Å². The molecule has 0 bridgehead atoms. The van der Waals surface area contributed by atoms with Gasteiger partial charge in [-0.2, -0.15) is 0 Å². The number of amides is 1. The molecule has 0 N–H and O–H groups in total. The highest BCUT2D eigenvalue weighted by atomic mass is 35.5. The summed E-state index contributed by atoms with van der Waals surface area (Å²) in [4.78, 5) is 16.0. The third-order valence-corrected chi connectivity index (χ3v) is 7.09. The van der Waals surface area contributed by atoms with Gasteiger partial charge in [-0.25, -0.2) is 0 Å². The van der Waals surface area contributed by atoms with E-state index in [1.54, 1.807) is 25.3 Å². The Hall–Kier alpha value is -3.58. The molecule has 0 spiro atoms. The lowest BCUT2D eigenvalue weighted by atomic mass is 9.87. The lowest BCUT2D eigenvalue weighted by molar-refractivity contribution is 0.0656. The second kappa shape index (κ2) is 13.7. The number of ether oxygens (including phenoxy) is 5. The van der Waals surface area contributed by atoms with Crippen molar-refractivity contribution in [2.45, 2.75) is 46.6 Å². The van der Waals surface area contributed by atoms with Gasteiger partial charge in [0.1, 0.15) is 5.75 Å². The monoisotopic (exact) mass is 567 g/mol. The van der Waals surface area contributed by atoms with E-state index < -0.39 is 0 Å². The van der Waals surface area contributed by atoms with Crippen LogP contribution in [0.2, 0.25) is 5.02 Å². The van der Waals surface area contributed by atoms with E-state index in [0.29, 0.717) is 79.4 Å². The quantitative estimate of drug-likeness (QED) is 0.236. The Morgan fingerprint density at radius 3 is 2.05 bits per heavy atom. The van der Waals surface area contributed by atoms with Gasteiger partial charge in [-0.15, -0.1) is 0 Å². The Kier molecular flexibility index (Phi) is 10.0. The van der Waals surface area contributed by atoms with Crippen LogP contribution in [0.1, 0.15) is 60.8 Å². The van der Waals surface area contributed by atoms with Crippen LogP contribution < -0.4 is 23.7 Å². The molecule has 0 radical (unpaired) electrons. The number of halogens is 1. The zero-order valence-corrected chi connectivity index (χ0v) is 24.7. The van der Waals surface area contributed by atoms with Gasteiger partial charge in [0.05, 0.1) is 45.1 Å². The van der Waals surface area contributed by atoms with Crippen molar-refractivity contribution in [3.8, 4) is 28.7 Å². The zero-order chi connectivity index (χ0) is 28.6. The first-order valence-corrected chi connectivity index (χ1v) is 14.3. The molecule has 0 saturated carbocycles. The van der Waals surface area contributed by atoms with Crippen molar-refractivity contribution >= 4 is 17.5 Å². The van der Waals surface area contributed by atoms with Gasteiger partial charge < -0.3 is 28.6 Å². The van der Waals surface area contributed by atoms with E-state index >= 15 is 0 Å². The molecule has 0 saturated heterocycles. The number of methoxy groups -OCH3 is 1. The van der Waals surface area contributed by atoms with Crippen molar-refractivity contribution < 1.29 is 28.5 Å². The maximum Gasteiger partial charge on any atom is 0.258 e. The van der Waals surface area contributed by atoms with E-state index in [0.717, 1.165) is 22.4 Å². The standard InChI is InChI=1S/C32H38ClNO6/c1-6-37-28-12-10-21(17-29(28)38-7-2)16-26-24-20-31(40-9-4)30(39-8-3)18-22(24)14-15-34(26)32(35)25-19-23(33)11-13-27(25)36-5/h10-13,17-20,26H,6-9,14-16H2,1-5H3/t26-/m0/s1. The SMILES string of the molecule is CCOc1ccc(C[C@H]2c3cc(OCC)c(OCC)cc3CCN2C(=O)c2cc(Cl)ccc2OC)cc1OCC. The van der Waals surface area contributed by atoms with Gasteiger partial charge in [0.15, 0.2) is 23.0 Å². The number of carbonyl (C=O) groups excluding carboxylic acids is 1. The van der Waals surface area contributed by atoms with Crippen LogP contribution in [0.25, 0.3) is 0 Å². The van der Waals surface area contributed by atoms with E-state index in [4.69, 9.17) is 35.3 Å². The number of benzene rings is 3. The smallest absolute Gasteiger partial charge is 0.258 e. The van der Waals surface area contributed by atoms with Crippen molar-refractivity contribution in [2.24, 2.45) is 0 Å². The number of hydrogen-bond donors (Lipinski definition) is 0. The second-order valence-electron chi connectivity index (χ2n) is 9.32. The van der Waals surface area contributed by atoms with Gasteiger partial charge in [-0.05, 0) is 99.7 Å². The summed E-state index contributed by atoms with van der Waals surface area (Å²) in [5.41, 5.74) is 3.61. The lowest BCUT2D eigenvalue weighted by Gasteiger charge is -2.38. The van der Waals surface area contributed by atoms with Crippen molar-refractivity contribution in [1.29, 1.82) is 0 Å². The molecule has 1 aliphatic rings. The summed E-state index contributed by atoms with van der Waals surface area (Å²) in [5, 5.41) is 0.478. The fraction of sp³-hybridized carbons (Fsp3) is 0.406. The second-order valence-corrected chi connectivity index (χ2v) is 9.76. The van der Waals surface area contributed by atoms with Crippen LogP contribution in [0.3, 0.4) is 0 Å². The van der Waals surface area contributed by atoms with Crippen LogP contribution in [0.4, 0.5) is 0 Å². The summed E-state index contributed by atoms with van der Waals surface area (Å²) in [7, 11) is 1.56. The molecule has 1 heterocycles. The van der Waals surface area contributed by atoms with Gasteiger partial charge in [-0.3, -0.25) is 4.79 Å². The summed E-state index contributed by atoms with van der Waals surface area (Å²) >= 11 is 6.31. The molecule has 0 aromatic heterocycles. The molecular formula is C32H38ClNO6. The normalized spacial score (nSPS) is 14.3. The maximum atomic E-state index is 14.1. The molecule has 3 aromatic rings. The molecule has 3 aromatic carbocycles. The first kappa shape index (κ1) is 29.4. The Labute approximate surface area is 241 Å². The average Bonchev–Trinajstić information content (AvgIpc) is 2.95. The van der Waals surface area contributed by atoms with E-state index in [1.165, 1.54) is 0 Å². The molecule has 40 heavy (non-hydrogen) atoms. The third kappa shape index (κ3) is 6.41. The van der Waals surface area contributed by atoms with Crippen molar-refractivity contribution in [1.82, 2.24) is 4.90 Å². The molecule has 8 heteroatoms. The molecule has 7 nitrogen and oxygen atoms in total. The van der Waals surface area contributed by atoms with Gasteiger partial charge in [0, 0.05) is 11.6 Å². The summed E-state index contributed by atoms with van der Waals surface area (Å²) < 4.78 is 29.1.